The minimum atomic E-state index is -0.510. The minimum Gasteiger partial charge on any atom is -0.385 e. The lowest BCUT2D eigenvalue weighted by Gasteiger charge is -2.07. The highest BCUT2D eigenvalue weighted by molar-refractivity contribution is 6.01. The molecular formula is C17H21N3O4. The first-order valence-electron chi connectivity index (χ1n) is 7.58. The largest absolute Gasteiger partial charge is 0.385 e. The van der Waals surface area contributed by atoms with Gasteiger partial charge in [-0.3, -0.25) is 14.9 Å². The molecule has 7 heteroatoms. The zero-order valence-electron chi connectivity index (χ0n) is 14.0. The summed E-state index contributed by atoms with van der Waals surface area (Å²) in [7, 11) is 1.57. The number of carbonyl (C=O) groups is 1. The topological polar surface area (TPSA) is 105 Å². The van der Waals surface area contributed by atoms with Gasteiger partial charge in [0, 0.05) is 31.9 Å². The minimum absolute atomic E-state index is 0.00273. The number of nitriles is 1. The Labute approximate surface area is 141 Å². The highest BCUT2D eigenvalue weighted by atomic mass is 16.6. The number of benzene rings is 1. The third-order valence-electron chi connectivity index (χ3n) is 3.36. The molecule has 0 aliphatic rings. The second kappa shape index (κ2) is 9.43. The van der Waals surface area contributed by atoms with Gasteiger partial charge in [0.1, 0.15) is 11.6 Å². The van der Waals surface area contributed by atoms with E-state index >= 15 is 0 Å². The predicted octanol–water partition coefficient (Wildman–Crippen LogP) is 2.78. The van der Waals surface area contributed by atoms with Gasteiger partial charge < -0.3 is 10.1 Å². The van der Waals surface area contributed by atoms with Crippen molar-refractivity contribution in [1.82, 2.24) is 5.32 Å². The van der Waals surface area contributed by atoms with Gasteiger partial charge in [0.25, 0.3) is 11.6 Å². The fourth-order valence-electron chi connectivity index (χ4n) is 2.13. The van der Waals surface area contributed by atoms with Crippen LogP contribution in [0.5, 0.6) is 0 Å². The normalized spacial score (nSPS) is 11.2. The average molecular weight is 331 g/mol. The number of rotatable bonds is 8. The van der Waals surface area contributed by atoms with Crippen LogP contribution < -0.4 is 5.32 Å². The number of nitro benzene ring substituents is 1. The van der Waals surface area contributed by atoms with E-state index in [1.54, 1.807) is 19.2 Å². The quantitative estimate of drug-likeness (QED) is 0.259. The van der Waals surface area contributed by atoms with E-state index in [0.717, 1.165) is 0 Å². The van der Waals surface area contributed by atoms with Crippen molar-refractivity contribution in [3.63, 3.8) is 0 Å². The third kappa shape index (κ3) is 5.48. The van der Waals surface area contributed by atoms with Crippen LogP contribution in [-0.4, -0.2) is 31.1 Å². The number of hydrogen-bond acceptors (Lipinski definition) is 5. The Morgan fingerprint density at radius 2 is 2.21 bits per heavy atom. The summed E-state index contributed by atoms with van der Waals surface area (Å²) in [5.41, 5.74) is 0.935. The molecule has 0 aliphatic carbocycles. The van der Waals surface area contributed by atoms with Crippen LogP contribution in [0.25, 0.3) is 6.08 Å². The monoisotopic (exact) mass is 331 g/mol. The lowest BCUT2D eigenvalue weighted by molar-refractivity contribution is -0.385. The highest BCUT2D eigenvalue weighted by Gasteiger charge is 2.17. The van der Waals surface area contributed by atoms with Crippen LogP contribution in [0.15, 0.2) is 23.8 Å². The number of methoxy groups -OCH3 is 1. The maximum Gasteiger partial charge on any atom is 0.273 e. The molecule has 0 fully saturated rings. The summed E-state index contributed by atoms with van der Waals surface area (Å²) in [6, 6.07) is 6.52. The third-order valence-corrected chi connectivity index (χ3v) is 3.36. The molecule has 0 atom stereocenters. The van der Waals surface area contributed by atoms with Crippen LogP contribution in [0.3, 0.4) is 0 Å². The van der Waals surface area contributed by atoms with E-state index < -0.39 is 10.8 Å². The number of nitrogens with one attached hydrogen (secondary N) is 1. The maximum absolute atomic E-state index is 12.0. The van der Waals surface area contributed by atoms with Gasteiger partial charge in [-0.1, -0.05) is 26.0 Å². The van der Waals surface area contributed by atoms with Gasteiger partial charge in [0.2, 0.25) is 0 Å². The molecule has 0 aliphatic heterocycles. The predicted molar refractivity (Wildman–Crippen MR) is 90.3 cm³/mol. The summed E-state index contributed by atoms with van der Waals surface area (Å²) in [5, 5.41) is 23.0. The molecule has 0 radical (unpaired) electrons. The van der Waals surface area contributed by atoms with Crippen LogP contribution in [0.1, 0.15) is 37.3 Å². The van der Waals surface area contributed by atoms with Crippen molar-refractivity contribution in [2.75, 3.05) is 20.3 Å². The van der Waals surface area contributed by atoms with E-state index in [4.69, 9.17) is 10.00 Å². The highest BCUT2D eigenvalue weighted by Crippen LogP contribution is 2.28. The summed E-state index contributed by atoms with van der Waals surface area (Å²) in [4.78, 5) is 22.7. The van der Waals surface area contributed by atoms with Crippen molar-refractivity contribution < 1.29 is 14.5 Å². The number of ether oxygens (including phenoxy) is 1. The first kappa shape index (κ1) is 19.3. The molecule has 7 nitrogen and oxygen atoms in total. The first-order chi connectivity index (χ1) is 11.4. The molecule has 1 N–H and O–H groups in total. The maximum atomic E-state index is 12.0. The Balaban J connectivity index is 3.00. The molecule has 0 bridgehead atoms. The average Bonchev–Trinajstić information content (AvgIpc) is 2.55. The van der Waals surface area contributed by atoms with E-state index in [-0.39, 0.29) is 17.2 Å². The lowest BCUT2D eigenvalue weighted by atomic mass is 9.98. The molecule has 0 spiro atoms. The Morgan fingerprint density at radius 1 is 1.50 bits per heavy atom. The van der Waals surface area contributed by atoms with Crippen molar-refractivity contribution in [3.8, 4) is 6.07 Å². The zero-order chi connectivity index (χ0) is 18.1. The van der Waals surface area contributed by atoms with Crippen molar-refractivity contribution in [2.45, 2.75) is 26.2 Å². The molecule has 128 valence electrons. The second-order valence-corrected chi connectivity index (χ2v) is 5.50. The van der Waals surface area contributed by atoms with E-state index in [1.807, 2.05) is 19.9 Å². The second-order valence-electron chi connectivity index (χ2n) is 5.50. The number of nitrogens with zero attached hydrogens (tertiary/aromatic N) is 2. The molecule has 1 rings (SSSR count). The van der Waals surface area contributed by atoms with Crippen LogP contribution in [0.2, 0.25) is 0 Å². The van der Waals surface area contributed by atoms with Gasteiger partial charge in [0.05, 0.1) is 4.92 Å². The summed E-state index contributed by atoms with van der Waals surface area (Å²) in [6.07, 6.45) is 1.98. The van der Waals surface area contributed by atoms with Crippen molar-refractivity contribution >= 4 is 17.7 Å². The number of nitro groups is 1. The Bertz CT molecular complexity index is 675. The Kier molecular flexibility index (Phi) is 7.59. The zero-order valence-corrected chi connectivity index (χ0v) is 14.0. The van der Waals surface area contributed by atoms with Gasteiger partial charge >= 0.3 is 0 Å². The van der Waals surface area contributed by atoms with E-state index in [2.05, 4.69) is 5.32 Å². The lowest BCUT2D eigenvalue weighted by Crippen LogP contribution is -2.26. The summed E-state index contributed by atoms with van der Waals surface area (Å²) >= 11 is 0. The first-order valence-corrected chi connectivity index (χ1v) is 7.58. The van der Waals surface area contributed by atoms with E-state index in [0.29, 0.717) is 30.7 Å². The fourth-order valence-corrected chi connectivity index (χ4v) is 2.13. The van der Waals surface area contributed by atoms with E-state index in [1.165, 1.54) is 12.1 Å². The number of amides is 1. The Morgan fingerprint density at radius 3 is 2.75 bits per heavy atom. The van der Waals surface area contributed by atoms with Crippen molar-refractivity contribution in [3.05, 3.63) is 45.0 Å². The molecule has 0 saturated carbocycles. The fraction of sp³-hybridized carbons (Fsp3) is 0.412. The molecule has 1 aromatic carbocycles. The van der Waals surface area contributed by atoms with Crippen molar-refractivity contribution in [1.29, 1.82) is 5.26 Å². The van der Waals surface area contributed by atoms with Gasteiger partial charge in [0.15, 0.2) is 0 Å². The smallest absolute Gasteiger partial charge is 0.273 e. The molecule has 0 aromatic heterocycles. The van der Waals surface area contributed by atoms with Crippen LogP contribution in [-0.2, 0) is 9.53 Å². The van der Waals surface area contributed by atoms with Crippen LogP contribution in [0.4, 0.5) is 5.69 Å². The molecule has 0 saturated heterocycles. The molecule has 0 heterocycles. The molecular weight excluding hydrogens is 310 g/mol. The Hall–Kier alpha value is -2.72. The number of hydrogen-bond donors (Lipinski definition) is 1. The SMILES string of the molecule is COCCCNC(=O)/C(C#N)=C/c1ccc(C(C)C)c([N+](=O)[O-])c1. The molecule has 24 heavy (non-hydrogen) atoms. The molecule has 1 aromatic rings. The van der Waals surface area contributed by atoms with Gasteiger partial charge in [-0.15, -0.1) is 0 Å². The summed E-state index contributed by atoms with van der Waals surface area (Å²) in [6.45, 7) is 4.63. The summed E-state index contributed by atoms with van der Waals surface area (Å²) in [5.74, 6) is -0.507. The van der Waals surface area contributed by atoms with Crippen LogP contribution in [0, 0.1) is 21.4 Å². The van der Waals surface area contributed by atoms with Gasteiger partial charge in [-0.25, -0.2) is 0 Å². The number of carbonyl (C=O) groups excluding carboxylic acids is 1. The molecule has 1 amide bonds. The summed E-state index contributed by atoms with van der Waals surface area (Å²) < 4.78 is 4.88. The van der Waals surface area contributed by atoms with E-state index in [9.17, 15) is 14.9 Å². The molecule has 0 unspecified atom stereocenters. The standard InChI is InChI=1S/C17H21N3O4/c1-12(2)15-6-5-13(10-16(15)20(22)23)9-14(11-18)17(21)19-7-4-8-24-3/h5-6,9-10,12H,4,7-8H2,1-3H3,(H,19,21)/b14-9+. The van der Waals surface area contributed by atoms with Gasteiger partial charge in [-0.05, 0) is 24.0 Å². The van der Waals surface area contributed by atoms with Crippen LogP contribution >= 0.6 is 0 Å². The van der Waals surface area contributed by atoms with Crippen molar-refractivity contribution in [2.24, 2.45) is 0 Å². The van der Waals surface area contributed by atoms with Gasteiger partial charge in [-0.2, -0.15) is 5.26 Å².